The van der Waals surface area contributed by atoms with Crippen molar-refractivity contribution in [1.29, 1.82) is 0 Å². The first-order valence-electron chi connectivity index (χ1n) is 9.22. The van der Waals surface area contributed by atoms with Gasteiger partial charge >= 0.3 is 10.8 Å². The van der Waals surface area contributed by atoms with Crippen molar-refractivity contribution in [1.82, 2.24) is 9.88 Å². The Bertz CT molecular complexity index is 1030. The number of benzene rings is 1. The van der Waals surface area contributed by atoms with Gasteiger partial charge in [-0.15, -0.1) is 0 Å². The Morgan fingerprint density at radius 3 is 2.79 bits per heavy atom. The highest BCUT2D eigenvalue weighted by molar-refractivity contribution is 7.10. The van der Waals surface area contributed by atoms with E-state index in [1.165, 1.54) is 0 Å². The first-order chi connectivity index (χ1) is 14.0. The van der Waals surface area contributed by atoms with Crippen LogP contribution in [0.3, 0.4) is 0 Å². The molecular formula is C20H21N3O5S. The molecule has 3 N–H and O–H groups in total. The molecule has 2 aromatic rings. The van der Waals surface area contributed by atoms with Gasteiger partial charge in [0.1, 0.15) is 6.54 Å². The number of hydrogen-bond donors (Lipinski definition) is 3. The number of amides is 1. The fraction of sp³-hybridized carbons (Fsp3) is 0.300. The lowest BCUT2D eigenvalue weighted by Crippen LogP contribution is -2.31. The molecule has 1 aromatic carbocycles. The molecular weight excluding hydrogens is 394 g/mol. The van der Waals surface area contributed by atoms with Crippen LogP contribution in [0.2, 0.25) is 0 Å². The molecule has 2 heterocycles. The number of thiazole rings is 1. The minimum atomic E-state index is -0.834. The Morgan fingerprint density at radius 2 is 2.00 bits per heavy atom. The van der Waals surface area contributed by atoms with Gasteiger partial charge in [0.2, 0.25) is 11.8 Å². The molecule has 1 aliphatic rings. The van der Waals surface area contributed by atoms with Crippen molar-refractivity contribution in [2.45, 2.75) is 32.2 Å². The zero-order valence-corrected chi connectivity index (χ0v) is 16.4. The van der Waals surface area contributed by atoms with Gasteiger partial charge in [0.15, 0.2) is 0 Å². The highest BCUT2D eigenvalue weighted by Gasteiger charge is 2.17. The minimum absolute atomic E-state index is 0.111. The maximum atomic E-state index is 12.2. The number of unbranched alkanes of at least 4 members (excludes halogenated alkanes) is 2. The van der Waals surface area contributed by atoms with Crippen molar-refractivity contribution in [3.05, 3.63) is 44.4 Å². The summed E-state index contributed by atoms with van der Waals surface area (Å²) in [6.07, 6.45) is 5.37. The fourth-order valence-electron chi connectivity index (χ4n) is 2.95. The number of hydrogen-bond acceptors (Lipinski definition) is 6. The topological polar surface area (TPSA) is 121 Å². The monoisotopic (exact) mass is 415 g/mol. The van der Waals surface area contributed by atoms with Gasteiger partial charge in [-0.2, -0.15) is 0 Å². The summed E-state index contributed by atoms with van der Waals surface area (Å²) in [7, 11) is 0. The summed E-state index contributed by atoms with van der Waals surface area (Å²) in [5.74, 6) is -1.47. The molecule has 1 amide bonds. The average Bonchev–Trinajstić information content (AvgIpc) is 3.21. The highest BCUT2D eigenvalue weighted by atomic mass is 32.1. The summed E-state index contributed by atoms with van der Waals surface area (Å²) >= 11 is 0.866. The first kappa shape index (κ1) is 20.5. The second-order valence-electron chi connectivity index (χ2n) is 6.57. The number of allylic oxidation sites excluding steroid dienone is 1. The summed E-state index contributed by atoms with van der Waals surface area (Å²) in [6, 6.07) is 7.57. The maximum absolute atomic E-state index is 12.2. The Kier molecular flexibility index (Phi) is 6.61. The van der Waals surface area contributed by atoms with Crippen LogP contribution in [0.4, 0.5) is 5.69 Å². The molecule has 0 unspecified atom stereocenters. The van der Waals surface area contributed by atoms with E-state index in [9.17, 15) is 19.5 Å². The predicted octanol–water partition coefficient (Wildman–Crippen LogP) is 2.63. The number of nitrogens with one attached hydrogen (secondary N) is 1. The number of carboxylic acids is 1. The molecule has 0 saturated heterocycles. The van der Waals surface area contributed by atoms with Crippen molar-refractivity contribution < 1.29 is 19.8 Å². The van der Waals surface area contributed by atoms with Crippen molar-refractivity contribution in [2.75, 3.05) is 6.54 Å². The lowest BCUT2D eigenvalue weighted by Gasteiger charge is -2.06. The predicted molar refractivity (Wildman–Crippen MR) is 112 cm³/mol. The number of fused-ring (bicyclic) bond motifs is 1. The fourth-order valence-corrected chi connectivity index (χ4v) is 3.78. The zero-order valence-electron chi connectivity index (χ0n) is 15.6. The number of carboxylic acid groups (broad SMARTS) is 1. The van der Waals surface area contributed by atoms with Gasteiger partial charge in [0.25, 0.3) is 0 Å². The molecule has 3 rings (SSSR count). The van der Waals surface area contributed by atoms with Crippen LogP contribution in [-0.4, -0.2) is 39.4 Å². The lowest BCUT2D eigenvalue weighted by molar-refractivity contribution is -0.137. The number of nitrogens with zero attached hydrogens (tertiary/aromatic N) is 2. The second-order valence-corrected chi connectivity index (χ2v) is 7.56. The molecule has 0 aliphatic carbocycles. The van der Waals surface area contributed by atoms with Crippen molar-refractivity contribution in [3.63, 3.8) is 0 Å². The number of para-hydroxylation sites is 1. The normalized spacial score (nSPS) is 13.6. The molecule has 29 heavy (non-hydrogen) atoms. The summed E-state index contributed by atoms with van der Waals surface area (Å²) < 4.78 is 1.04. The Labute approximate surface area is 170 Å². The molecule has 0 radical (unpaired) electrons. The molecule has 0 bridgehead atoms. The van der Waals surface area contributed by atoms with Gasteiger partial charge in [0, 0.05) is 30.3 Å². The molecule has 8 nitrogen and oxygen atoms in total. The Balaban J connectivity index is 1.60. The SMILES string of the molecule is O=C(O)CCCCCNC(=O)Cn1c(O)c(/C=C2/C=Nc3ccccc32)sc1=O. The summed E-state index contributed by atoms with van der Waals surface area (Å²) in [4.78, 5) is 39.0. The Morgan fingerprint density at radius 1 is 1.21 bits per heavy atom. The van der Waals surface area contributed by atoms with Gasteiger partial charge < -0.3 is 15.5 Å². The van der Waals surface area contributed by atoms with E-state index in [-0.39, 0.29) is 24.8 Å². The van der Waals surface area contributed by atoms with Crippen LogP contribution in [0, 0.1) is 0 Å². The van der Waals surface area contributed by atoms with Crippen LogP contribution in [0.5, 0.6) is 5.88 Å². The second kappa shape index (κ2) is 9.33. The minimum Gasteiger partial charge on any atom is -0.493 e. The average molecular weight is 415 g/mol. The number of rotatable bonds is 9. The van der Waals surface area contributed by atoms with Crippen LogP contribution in [0.1, 0.15) is 36.1 Å². The lowest BCUT2D eigenvalue weighted by atomic mass is 10.1. The third-order valence-electron chi connectivity index (χ3n) is 4.43. The molecule has 152 valence electrons. The number of aromatic nitrogens is 1. The van der Waals surface area contributed by atoms with E-state index in [0.29, 0.717) is 30.7 Å². The third-order valence-corrected chi connectivity index (χ3v) is 5.34. The number of aromatic hydroxyl groups is 1. The zero-order chi connectivity index (χ0) is 20.8. The van der Waals surface area contributed by atoms with E-state index in [0.717, 1.165) is 32.7 Å². The first-order valence-corrected chi connectivity index (χ1v) is 10.0. The molecule has 0 fully saturated rings. The standard InChI is InChI=1S/C20H21N3O5S/c24-17(21-9-5-1-2-8-18(25)26)12-23-19(27)16(29-20(23)28)10-13-11-22-15-7-4-3-6-14(13)15/h3-4,6-7,10-11,27H,1-2,5,8-9,12H2,(H,21,24)(H,25,26)/b13-10-. The quantitative estimate of drug-likeness (QED) is 0.544. The third kappa shape index (κ3) is 5.20. The van der Waals surface area contributed by atoms with E-state index in [1.54, 1.807) is 12.3 Å². The van der Waals surface area contributed by atoms with E-state index in [2.05, 4.69) is 10.3 Å². The number of carbonyl (C=O) groups is 2. The van der Waals surface area contributed by atoms with E-state index >= 15 is 0 Å². The van der Waals surface area contributed by atoms with Crippen molar-refractivity contribution in [3.8, 4) is 5.88 Å². The van der Waals surface area contributed by atoms with Crippen LogP contribution in [-0.2, 0) is 16.1 Å². The molecule has 0 saturated carbocycles. The molecule has 0 atom stereocenters. The molecule has 1 aromatic heterocycles. The van der Waals surface area contributed by atoms with Crippen LogP contribution in [0.15, 0.2) is 34.1 Å². The van der Waals surface area contributed by atoms with Crippen LogP contribution >= 0.6 is 11.3 Å². The van der Waals surface area contributed by atoms with Gasteiger partial charge in [0.05, 0.1) is 10.6 Å². The van der Waals surface area contributed by atoms with Crippen LogP contribution in [0.25, 0.3) is 11.6 Å². The van der Waals surface area contributed by atoms with Crippen LogP contribution < -0.4 is 10.2 Å². The summed E-state index contributed by atoms with van der Waals surface area (Å²) in [6.45, 7) is 0.117. The number of aliphatic carboxylic acids is 1. The largest absolute Gasteiger partial charge is 0.493 e. The summed E-state index contributed by atoms with van der Waals surface area (Å²) in [5.41, 5.74) is 2.53. The number of carbonyl (C=O) groups excluding carboxylic acids is 1. The van der Waals surface area contributed by atoms with Gasteiger partial charge in [-0.05, 0) is 25.0 Å². The van der Waals surface area contributed by atoms with Crippen molar-refractivity contribution in [2.24, 2.45) is 4.99 Å². The smallest absolute Gasteiger partial charge is 0.311 e. The van der Waals surface area contributed by atoms with Gasteiger partial charge in [-0.1, -0.05) is 36.0 Å². The molecule has 9 heteroatoms. The van der Waals surface area contributed by atoms with E-state index in [4.69, 9.17) is 5.11 Å². The van der Waals surface area contributed by atoms with E-state index < -0.39 is 10.8 Å². The molecule has 0 spiro atoms. The van der Waals surface area contributed by atoms with Crippen molar-refractivity contribution >= 4 is 46.8 Å². The Hall–Kier alpha value is -3.20. The summed E-state index contributed by atoms with van der Waals surface area (Å²) in [5, 5.41) is 21.7. The van der Waals surface area contributed by atoms with Gasteiger partial charge in [-0.3, -0.25) is 23.9 Å². The maximum Gasteiger partial charge on any atom is 0.311 e. The number of aliphatic imine (C=N–C) groups is 1. The van der Waals surface area contributed by atoms with E-state index in [1.807, 2.05) is 24.3 Å². The highest BCUT2D eigenvalue weighted by Crippen LogP contribution is 2.34. The van der Waals surface area contributed by atoms with Gasteiger partial charge in [-0.25, -0.2) is 0 Å². The molecule has 1 aliphatic heterocycles.